The van der Waals surface area contributed by atoms with Crippen LogP contribution in [0, 0.1) is 0 Å². The highest BCUT2D eigenvalue weighted by Crippen LogP contribution is 2.42. The summed E-state index contributed by atoms with van der Waals surface area (Å²) < 4.78 is 11.3. The summed E-state index contributed by atoms with van der Waals surface area (Å²) in [5.74, 6) is 1.64. The average Bonchev–Trinajstić information content (AvgIpc) is 2.31. The van der Waals surface area contributed by atoms with Gasteiger partial charge < -0.3 is 15.2 Å². The molecule has 1 heterocycles. The fourth-order valence-corrected chi connectivity index (χ4v) is 2.16. The second kappa shape index (κ2) is 4.34. The molecule has 3 nitrogen and oxygen atoms in total. The van der Waals surface area contributed by atoms with Crippen LogP contribution in [0.1, 0.15) is 32.3 Å². The third-order valence-corrected chi connectivity index (χ3v) is 3.24. The first-order valence-electron chi connectivity index (χ1n) is 5.89. The maximum Gasteiger partial charge on any atom is 0.166 e. The van der Waals surface area contributed by atoms with E-state index in [1.54, 1.807) is 0 Å². The molecule has 0 radical (unpaired) electrons. The predicted molar refractivity (Wildman–Crippen MR) is 63.9 cm³/mol. The highest BCUT2D eigenvalue weighted by Gasteiger charge is 2.33. The Bertz CT molecular complexity index is 378. The highest BCUT2D eigenvalue weighted by molar-refractivity contribution is 5.50. The van der Waals surface area contributed by atoms with E-state index < -0.39 is 0 Å². The summed E-state index contributed by atoms with van der Waals surface area (Å²) in [7, 11) is 0. The van der Waals surface area contributed by atoms with E-state index in [0.717, 1.165) is 29.9 Å². The van der Waals surface area contributed by atoms with Crippen LogP contribution < -0.4 is 15.2 Å². The number of ether oxygens (including phenoxy) is 2. The van der Waals surface area contributed by atoms with Crippen molar-refractivity contribution in [3.8, 4) is 11.5 Å². The van der Waals surface area contributed by atoms with Crippen molar-refractivity contribution in [1.82, 2.24) is 0 Å². The van der Waals surface area contributed by atoms with Crippen LogP contribution in [0.5, 0.6) is 11.5 Å². The SMILES string of the molecule is CCOc1cccc2c1OCCC2(N)CC. The van der Waals surface area contributed by atoms with Gasteiger partial charge in [0.2, 0.25) is 0 Å². The molecule has 0 aliphatic carbocycles. The minimum Gasteiger partial charge on any atom is -0.490 e. The van der Waals surface area contributed by atoms with Crippen molar-refractivity contribution in [2.24, 2.45) is 5.73 Å². The molecule has 0 spiro atoms. The van der Waals surface area contributed by atoms with Crippen LogP contribution in [0.25, 0.3) is 0 Å². The zero-order chi connectivity index (χ0) is 11.6. The molecule has 2 rings (SSSR count). The average molecular weight is 221 g/mol. The molecule has 0 bridgehead atoms. The number of hydrogen-bond acceptors (Lipinski definition) is 3. The standard InChI is InChI=1S/C13H19NO2/c1-3-13(14)8-9-16-12-10(13)6-5-7-11(12)15-4-2/h5-7H,3-4,8-9,14H2,1-2H3. The van der Waals surface area contributed by atoms with E-state index in [1.807, 2.05) is 25.1 Å². The molecule has 3 heteroatoms. The van der Waals surface area contributed by atoms with E-state index in [1.165, 1.54) is 0 Å². The molecule has 1 atom stereocenters. The Labute approximate surface area is 96.5 Å². The zero-order valence-electron chi connectivity index (χ0n) is 9.95. The molecule has 1 aromatic rings. The van der Waals surface area contributed by atoms with Crippen molar-refractivity contribution >= 4 is 0 Å². The summed E-state index contributed by atoms with van der Waals surface area (Å²) >= 11 is 0. The van der Waals surface area contributed by atoms with E-state index in [4.69, 9.17) is 15.2 Å². The number of rotatable bonds is 3. The van der Waals surface area contributed by atoms with Crippen LogP contribution in [0.2, 0.25) is 0 Å². The van der Waals surface area contributed by atoms with Crippen molar-refractivity contribution < 1.29 is 9.47 Å². The van der Waals surface area contributed by atoms with Gasteiger partial charge in [-0.05, 0) is 19.4 Å². The summed E-state index contributed by atoms with van der Waals surface area (Å²) in [6.45, 7) is 5.39. The van der Waals surface area contributed by atoms with Crippen molar-refractivity contribution in [3.05, 3.63) is 23.8 Å². The van der Waals surface area contributed by atoms with Gasteiger partial charge in [-0.2, -0.15) is 0 Å². The zero-order valence-corrected chi connectivity index (χ0v) is 9.95. The number of fused-ring (bicyclic) bond motifs is 1. The van der Waals surface area contributed by atoms with Gasteiger partial charge in [-0.25, -0.2) is 0 Å². The number of para-hydroxylation sites is 1. The fraction of sp³-hybridized carbons (Fsp3) is 0.538. The Kier molecular flexibility index (Phi) is 3.06. The molecular formula is C13H19NO2. The van der Waals surface area contributed by atoms with E-state index in [2.05, 4.69) is 6.92 Å². The van der Waals surface area contributed by atoms with E-state index in [9.17, 15) is 0 Å². The molecule has 1 unspecified atom stereocenters. The normalized spacial score (nSPS) is 23.4. The molecule has 1 aromatic carbocycles. The molecule has 0 amide bonds. The first-order chi connectivity index (χ1) is 7.71. The molecule has 1 aliphatic heterocycles. The number of benzene rings is 1. The van der Waals surface area contributed by atoms with Gasteiger partial charge in [-0.15, -0.1) is 0 Å². The summed E-state index contributed by atoms with van der Waals surface area (Å²) in [5, 5.41) is 0. The van der Waals surface area contributed by atoms with Gasteiger partial charge in [0.05, 0.1) is 13.2 Å². The van der Waals surface area contributed by atoms with Gasteiger partial charge in [-0.3, -0.25) is 0 Å². The van der Waals surface area contributed by atoms with Gasteiger partial charge in [-0.1, -0.05) is 19.1 Å². The van der Waals surface area contributed by atoms with Gasteiger partial charge in [0, 0.05) is 17.5 Å². The monoisotopic (exact) mass is 221 g/mol. The van der Waals surface area contributed by atoms with E-state index in [0.29, 0.717) is 13.2 Å². The van der Waals surface area contributed by atoms with Crippen molar-refractivity contribution in [3.63, 3.8) is 0 Å². The molecule has 0 saturated carbocycles. The Hall–Kier alpha value is -1.22. The molecule has 2 N–H and O–H groups in total. The minimum absolute atomic E-state index is 0.263. The number of nitrogens with two attached hydrogens (primary N) is 1. The molecule has 0 aromatic heterocycles. The van der Waals surface area contributed by atoms with Gasteiger partial charge >= 0.3 is 0 Å². The number of hydrogen-bond donors (Lipinski definition) is 1. The van der Waals surface area contributed by atoms with Crippen molar-refractivity contribution in [1.29, 1.82) is 0 Å². The van der Waals surface area contributed by atoms with Crippen molar-refractivity contribution in [2.45, 2.75) is 32.2 Å². The summed E-state index contributed by atoms with van der Waals surface area (Å²) in [5.41, 5.74) is 7.21. The summed E-state index contributed by atoms with van der Waals surface area (Å²) in [4.78, 5) is 0. The Morgan fingerprint density at radius 2 is 2.25 bits per heavy atom. The lowest BCUT2D eigenvalue weighted by Crippen LogP contribution is -2.40. The van der Waals surface area contributed by atoms with Crippen LogP contribution in [0.4, 0.5) is 0 Å². The highest BCUT2D eigenvalue weighted by atomic mass is 16.5. The Morgan fingerprint density at radius 1 is 1.44 bits per heavy atom. The first kappa shape index (κ1) is 11.3. The minimum atomic E-state index is -0.263. The molecule has 88 valence electrons. The summed E-state index contributed by atoms with van der Waals surface area (Å²) in [6, 6.07) is 5.96. The predicted octanol–water partition coefficient (Wildman–Crippen LogP) is 2.43. The van der Waals surface area contributed by atoms with Crippen LogP contribution in [0.3, 0.4) is 0 Å². The summed E-state index contributed by atoms with van der Waals surface area (Å²) in [6.07, 6.45) is 1.78. The topological polar surface area (TPSA) is 44.5 Å². The Morgan fingerprint density at radius 3 is 2.94 bits per heavy atom. The second-order valence-corrected chi connectivity index (χ2v) is 4.17. The molecular weight excluding hydrogens is 202 g/mol. The van der Waals surface area contributed by atoms with Crippen LogP contribution >= 0.6 is 0 Å². The molecule has 0 fully saturated rings. The lowest BCUT2D eigenvalue weighted by Gasteiger charge is -2.35. The lowest BCUT2D eigenvalue weighted by molar-refractivity contribution is 0.199. The smallest absolute Gasteiger partial charge is 0.166 e. The third kappa shape index (κ3) is 1.76. The first-order valence-corrected chi connectivity index (χ1v) is 5.89. The van der Waals surface area contributed by atoms with E-state index in [-0.39, 0.29) is 5.54 Å². The van der Waals surface area contributed by atoms with Gasteiger partial charge in [0.15, 0.2) is 11.5 Å². The van der Waals surface area contributed by atoms with Gasteiger partial charge in [0.25, 0.3) is 0 Å². The molecule has 1 aliphatic rings. The van der Waals surface area contributed by atoms with Crippen LogP contribution in [-0.4, -0.2) is 13.2 Å². The van der Waals surface area contributed by atoms with Gasteiger partial charge in [0.1, 0.15) is 0 Å². The maximum atomic E-state index is 6.40. The molecule has 0 saturated heterocycles. The lowest BCUT2D eigenvalue weighted by atomic mass is 9.83. The quantitative estimate of drug-likeness (QED) is 0.852. The molecule has 16 heavy (non-hydrogen) atoms. The Balaban J connectivity index is 2.46. The third-order valence-electron chi connectivity index (χ3n) is 3.24. The van der Waals surface area contributed by atoms with E-state index >= 15 is 0 Å². The van der Waals surface area contributed by atoms with Crippen LogP contribution in [0.15, 0.2) is 18.2 Å². The fourth-order valence-electron chi connectivity index (χ4n) is 2.16. The van der Waals surface area contributed by atoms with Crippen molar-refractivity contribution in [2.75, 3.05) is 13.2 Å². The largest absolute Gasteiger partial charge is 0.490 e. The maximum absolute atomic E-state index is 6.40. The van der Waals surface area contributed by atoms with Crippen LogP contribution in [-0.2, 0) is 5.54 Å². The second-order valence-electron chi connectivity index (χ2n) is 4.17.